The van der Waals surface area contributed by atoms with Gasteiger partial charge in [0.25, 0.3) is 0 Å². The van der Waals surface area contributed by atoms with Gasteiger partial charge in [0.05, 0.1) is 0 Å². The fraction of sp³-hybridized carbons (Fsp3) is 0.467. The molecule has 2 saturated carbocycles. The zero-order valence-electron chi connectivity index (χ0n) is 10.9. The third-order valence-corrected chi connectivity index (χ3v) is 4.76. The Morgan fingerprint density at radius 3 is 2.55 bits per heavy atom. The van der Waals surface area contributed by atoms with Gasteiger partial charge in [0.1, 0.15) is 5.54 Å². The molecule has 3 rings (SSSR count). The predicted molar refractivity (Wildman–Crippen MR) is 74.7 cm³/mol. The van der Waals surface area contributed by atoms with Crippen LogP contribution in [0.25, 0.3) is 0 Å². The van der Waals surface area contributed by atoms with Crippen LogP contribution >= 0.6 is 11.6 Å². The number of carboxylic acids is 1. The van der Waals surface area contributed by atoms with Gasteiger partial charge in [0.2, 0.25) is 5.91 Å². The Balaban J connectivity index is 1.66. The number of carboxylic acid groups (broad SMARTS) is 1. The van der Waals surface area contributed by atoms with Crippen LogP contribution in [-0.4, -0.2) is 22.5 Å². The van der Waals surface area contributed by atoms with Crippen molar-refractivity contribution in [2.45, 2.75) is 37.1 Å². The normalized spacial score (nSPS) is 26.4. The van der Waals surface area contributed by atoms with Crippen molar-refractivity contribution in [1.82, 2.24) is 5.32 Å². The fourth-order valence-electron chi connectivity index (χ4n) is 2.86. The summed E-state index contributed by atoms with van der Waals surface area (Å²) in [4.78, 5) is 23.4. The van der Waals surface area contributed by atoms with E-state index in [0.717, 1.165) is 18.4 Å². The quantitative estimate of drug-likeness (QED) is 0.896. The average Bonchev–Trinajstić information content (AvgIpc) is 3.13. The number of amides is 1. The van der Waals surface area contributed by atoms with E-state index in [1.54, 1.807) is 0 Å². The highest BCUT2D eigenvalue weighted by Gasteiger charge is 2.51. The van der Waals surface area contributed by atoms with Crippen LogP contribution in [0.15, 0.2) is 24.3 Å². The highest BCUT2D eigenvalue weighted by molar-refractivity contribution is 6.31. The maximum atomic E-state index is 12.2. The van der Waals surface area contributed by atoms with Gasteiger partial charge in [0, 0.05) is 10.9 Å². The molecule has 2 unspecified atom stereocenters. The van der Waals surface area contributed by atoms with Crippen molar-refractivity contribution >= 4 is 23.5 Å². The maximum Gasteiger partial charge on any atom is 0.329 e. The number of halogens is 1. The minimum Gasteiger partial charge on any atom is -0.480 e. The number of carbonyl (C=O) groups is 2. The zero-order chi connectivity index (χ0) is 14.3. The molecule has 0 aliphatic heterocycles. The molecule has 2 atom stereocenters. The second-order valence-corrected chi connectivity index (χ2v) is 6.11. The number of hydrogen-bond acceptors (Lipinski definition) is 2. The summed E-state index contributed by atoms with van der Waals surface area (Å²) in [6.45, 7) is 0. The van der Waals surface area contributed by atoms with Gasteiger partial charge in [-0.25, -0.2) is 4.79 Å². The lowest BCUT2D eigenvalue weighted by atomic mass is 9.76. The van der Waals surface area contributed by atoms with Crippen LogP contribution in [-0.2, 0) is 9.59 Å². The predicted octanol–water partition coefficient (Wildman–Crippen LogP) is 2.57. The van der Waals surface area contributed by atoms with Crippen molar-refractivity contribution in [3.63, 3.8) is 0 Å². The van der Waals surface area contributed by atoms with Crippen molar-refractivity contribution in [2.24, 2.45) is 5.92 Å². The first-order valence-corrected chi connectivity index (χ1v) is 7.21. The zero-order valence-corrected chi connectivity index (χ0v) is 11.7. The minimum atomic E-state index is -1.02. The lowest BCUT2D eigenvalue weighted by Gasteiger charge is -2.38. The molecule has 0 radical (unpaired) electrons. The number of benzene rings is 1. The molecule has 20 heavy (non-hydrogen) atoms. The topological polar surface area (TPSA) is 66.4 Å². The monoisotopic (exact) mass is 293 g/mol. The number of hydrogen-bond donors (Lipinski definition) is 2. The summed E-state index contributed by atoms with van der Waals surface area (Å²) in [7, 11) is 0. The van der Waals surface area contributed by atoms with Crippen LogP contribution in [0.5, 0.6) is 0 Å². The molecule has 106 valence electrons. The Labute approximate surface area is 122 Å². The summed E-state index contributed by atoms with van der Waals surface area (Å²) in [5.74, 6) is -1.11. The molecule has 0 saturated heterocycles. The van der Waals surface area contributed by atoms with E-state index in [1.165, 1.54) is 0 Å². The molecule has 1 aromatic rings. The van der Waals surface area contributed by atoms with Crippen LogP contribution in [0.4, 0.5) is 0 Å². The van der Waals surface area contributed by atoms with Gasteiger partial charge in [-0.15, -0.1) is 0 Å². The SMILES string of the molecule is O=C(NC1(C(=O)O)CCC1)C1CC1c1ccccc1Cl. The van der Waals surface area contributed by atoms with Crippen LogP contribution in [0.1, 0.15) is 37.2 Å². The Morgan fingerprint density at radius 2 is 2.00 bits per heavy atom. The van der Waals surface area contributed by atoms with Crippen molar-refractivity contribution in [3.05, 3.63) is 34.9 Å². The van der Waals surface area contributed by atoms with Crippen molar-refractivity contribution in [3.8, 4) is 0 Å². The van der Waals surface area contributed by atoms with E-state index in [2.05, 4.69) is 5.32 Å². The number of rotatable bonds is 4. The molecule has 4 nitrogen and oxygen atoms in total. The highest BCUT2D eigenvalue weighted by Crippen LogP contribution is 2.50. The first-order chi connectivity index (χ1) is 9.53. The molecule has 2 aliphatic rings. The molecule has 0 bridgehead atoms. The number of nitrogens with one attached hydrogen (secondary N) is 1. The molecule has 2 N–H and O–H groups in total. The Morgan fingerprint density at radius 1 is 1.30 bits per heavy atom. The molecule has 0 aromatic heterocycles. The van der Waals surface area contributed by atoms with Gasteiger partial charge in [-0.1, -0.05) is 29.8 Å². The van der Waals surface area contributed by atoms with Gasteiger partial charge >= 0.3 is 5.97 Å². The number of aliphatic carboxylic acids is 1. The largest absolute Gasteiger partial charge is 0.480 e. The number of carbonyl (C=O) groups excluding carboxylic acids is 1. The molecule has 1 amide bonds. The van der Waals surface area contributed by atoms with Gasteiger partial charge in [0.15, 0.2) is 0 Å². The summed E-state index contributed by atoms with van der Waals surface area (Å²) < 4.78 is 0. The van der Waals surface area contributed by atoms with E-state index in [9.17, 15) is 14.7 Å². The summed E-state index contributed by atoms with van der Waals surface area (Å²) >= 11 is 6.13. The average molecular weight is 294 g/mol. The van der Waals surface area contributed by atoms with Crippen LogP contribution in [0.3, 0.4) is 0 Å². The molecule has 2 fully saturated rings. The van der Waals surface area contributed by atoms with Crippen LogP contribution < -0.4 is 5.32 Å². The molecule has 0 spiro atoms. The van der Waals surface area contributed by atoms with E-state index in [4.69, 9.17) is 11.6 Å². The third-order valence-electron chi connectivity index (χ3n) is 4.41. The van der Waals surface area contributed by atoms with Crippen molar-refractivity contribution < 1.29 is 14.7 Å². The summed E-state index contributed by atoms with van der Waals surface area (Å²) in [6, 6.07) is 7.50. The second kappa shape index (κ2) is 4.77. The van der Waals surface area contributed by atoms with E-state index in [-0.39, 0.29) is 17.7 Å². The molecule has 0 heterocycles. The molecule has 1 aromatic carbocycles. The summed E-state index contributed by atoms with van der Waals surface area (Å²) in [5.41, 5.74) is -0.0441. The van der Waals surface area contributed by atoms with E-state index in [1.807, 2.05) is 24.3 Å². The second-order valence-electron chi connectivity index (χ2n) is 5.70. The van der Waals surface area contributed by atoms with Gasteiger partial charge in [-0.3, -0.25) is 4.79 Å². The van der Waals surface area contributed by atoms with Crippen molar-refractivity contribution in [2.75, 3.05) is 0 Å². The molecular formula is C15H16ClNO3. The Hall–Kier alpha value is -1.55. The third kappa shape index (κ3) is 2.18. The highest BCUT2D eigenvalue weighted by atomic mass is 35.5. The molecule has 2 aliphatic carbocycles. The van der Waals surface area contributed by atoms with Gasteiger partial charge < -0.3 is 10.4 Å². The standard InChI is InChI=1S/C15H16ClNO3/c16-12-5-2-1-4-9(12)10-8-11(10)13(18)17-15(14(19)20)6-3-7-15/h1-2,4-5,10-11H,3,6-8H2,(H,17,18)(H,19,20). The van der Waals surface area contributed by atoms with Crippen LogP contribution in [0, 0.1) is 5.92 Å². The summed E-state index contributed by atoms with van der Waals surface area (Å²) in [5, 5.41) is 12.6. The minimum absolute atomic E-state index is 0.120. The van der Waals surface area contributed by atoms with Crippen LogP contribution in [0.2, 0.25) is 5.02 Å². The van der Waals surface area contributed by atoms with Gasteiger partial charge in [-0.2, -0.15) is 0 Å². The summed E-state index contributed by atoms with van der Waals surface area (Å²) in [6.07, 6.45) is 2.64. The Bertz CT molecular complexity index is 568. The fourth-order valence-corrected chi connectivity index (χ4v) is 3.13. The lowest BCUT2D eigenvalue weighted by molar-refractivity contribution is -0.152. The first-order valence-electron chi connectivity index (χ1n) is 6.83. The van der Waals surface area contributed by atoms with Gasteiger partial charge in [-0.05, 0) is 43.2 Å². The van der Waals surface area contributed by atoms with E-state index in [0.29, 0.717) is 17.9 Å². The Kier molecular flexibility index (Phi) is 3.21. The lowest BCUT2D eigenvalue weighted by Crippen LogP contribution is -2.59. The van der Waals surface area contributed by atoms with E-state index < -0.39 is 11.5 Å². The molecule has 5 heteroatoms. The smallest absolute Gasteiger partial charge is 0.329 e. The molecular weight excluding hydrogens is 278 g/mol. The van der Waals surface area contributed by atoms with Crippen molar-refractivity contribution in [1.29, 1.82) is 0 Å². The van der Waals surface area contributed by atoms with E-state index >= 15 is 0 Å². The first kappa shape index (κ1) is 13.4. The maximum absolute atomic E-state index is 12.2.